The number of thiazole rings is 1. The van der Waals surface area contributed by atoms with Gasteiger partial charge in [-0.1, -0.05) is 48.5 Å². The van der Waals surface area contributed by atoms with Gasteiger partial charge in [0.05, 0.1) is 11.4 Å². The molecule has 0 spiro atoms. The number of hydrogen-bond acceptors (Lipinski definition) is 7. The number of hydrazone groups is 1. The Labute approximate surface area is 198 Å². The zero-order chi connectivity index (χ0) is 23.2. The van der Waals surface area contributed by atoms with Crippen LogP contribution < -0.4 is 10.6 Å². The Hall–Kier alpha value is -4.17. The number of hydrogen-bond donors (Lipinski definition) is 2. The molecule has 2 aromatic carbocycles. The van der Waals surface area contributed by atoms with Crippen LogP contribution in [0, 0.1) is 6.92 Å². The van der Waals surface area contributed by atoms with E-state index in [2.05, 4.69) is 28.2 Å². The molecule has 0 fully saturated rings. The van der Waals surface area contributed by atoms with E-state index in [1.54, 1.807) is 12.3 Å². The quantitative estimate of drug-likeness (QED) is 0.357. The SMILES string of the molecule is Cc1cc(O)c(-c2csc(N3N=C(c4ccccc4)CC3c3cc4ccccc4[nH]3)n2)c(=O)o1. The standard InChI is InChI=1S/C26H20N4O3S/c1-15-11-23(31)24(25(32)33-15)21-14-34-26(28-21)30-22(13-19(29-30)16-7-3-2-4-8-16)20-12-17-9-5-6-10-18(17)27-20/h2-12,14,22,27,31H,13H2,1H3. The Morgan fingerprint density at radius 1 is 1.12 bits per heavy atom. The summed E-state index contributed by atoms with van der Waals surface area (Å²) in [6.07, 6.45) is 0.698. The summed E-state index contributed by atoms with van der Waals surface area (Å²) < 4.78 is 5.18. The van der Waals surface area contributed by atoms with Crippen molar-refractivity contribution in [3.05, 3.63) is 99.5 Å². The van der Waals surface area contributed by atoms with E-state index in [0.717, 1.165) is 27.9 Å². The molecule has 3 aromatic heterocycles. The van der Waals surface area contributed by atoms with Gasteiger partial charge in [-0.25, -0.2) is 14.8 Å². The molecule has 0 saturated heterocycles. The number of aromatic amines is 1. The Morgan fingerprint density at radius 2 is 1.91 bits per heavy atom. The van der Waals surface area contributed by atoms with Gasteiger partial charge in [0.15, 0.2) is 0 Å². The van der Waals surface area contributed by atoms with Crippen molar-refractivity contribution < 1.29 is 9.52 Å². The third kappa shape index (κ3) is 3.48. The van der Waals surface area contributed by atoms with E-state index in [1.807, 2.05) is 47.5 Å². The summed E-state index contributed by atoms with van der Waals surface area (Å²) in [6, 6.07) is 21.7. The minimum Gasteiger partial charge on any atom is -0.507 e. The van der Waals surface area contributed by atoms with Crippen LogP contribution in [0.4, 0.5) is 5.13 Å². The van der Waals surface area contributed by atoms with Crippen molar-refractivity contribution in [1.82, 2.24) is 9.97 Å². The second-order valence-corrected chi connectivity index (χ2v) is 9.05. The highest BCUT2D eigenvalue weighted by Crippen LogP contribution is 2.40. The molecule has 0 bridgehead atoms. The smallest absolute Gasteiger partial charge is 0.349 e. The van der Waals surface area contributed by atoms with E-state index in [0.29, 0.717) is 23.0 Å². The maximum Gasteiger partial charge on any atom is 0.349 e. The molecule has 0 saturated carbocycles. The maximum absolute atomic E-state index is 12.4. The average molecular weight is 469 g/mol. The van der Waals surface area contributed by atoms with Crippen molar-refractivity contribution in [2.24, 2.45) is 5.10 Å². The number of anilines is 1. The molecule has 5 aromatic rings. The molecule has 168 valence electrons. The van der Waals surface area contributed by atoms with Gasteiger partial charge >= 0.3 is 5.63 Å². The first-order valence-corrected chi connectivity index (χ1v) is 11.7. The summed E-state index contributed by atoms with van der Waals surface area (Å²) in [5, 5.41) is 20.7. The molecule has 0 radical (unpaired) electrons. The van der Waals surface area contributed by atoms with Crippen LogP contribution in [0.1, 0.15) is 29.5 Å². The van der Waals surface area contributed by atoms with Gasteiger partial charge < -0.3 is 14.5 Å². The molecule has 7 nitrogen and oxygen atoms in total. The predicted molar refractivity (Wildman–Crippen MR) is 134 cm³/mol. The lowest BCUT2D eigenvalue weighted by Crippen LogP contribution is -2.18. The number of para-hydroxylation sites is 1. The minimum atomic E-state index is -0.614. The van der Waals surface area contributed by atoms with Crippen LogP contribution in [0.25, 0.3) is 22.2 Å². The summed E-state index contributed by atoms with van der Waals surface area (Å²) in [6.45, 7) is 1.62. The third-order valence-electron chi connectivity index (χ3n) is 5.93. The summed E-state index contributed by atoms with van der Waals surface area (Å²) in [4.78, 5) is 20.6. The van der Waals surface area contributed by atoms with E-state index in [9.17, 15) is 9.90 Å². The highest BCUT2D eigenvalue weighted by molar-refractivity contribution is 7.14. The average Bonchev–Trinajstić information content (AvgIpc) is 3.56. The topological polar surface area (TPSA) is 94.7 Å². The van der Waals surface area contributed by atoms with Gasteiger partial charge in [-0.2, -0.15) is 5.10 Å². The van der Waals surface area contributed by atoms with Gasteiger partial charge in [0.2, 0.25) is 5.13 Å². The fourth-order valence-electron chi connectivity index (χ4n) is 4.33. The molecule has 6 rings (SSSR count). The Morgan fingerprint density at radius 3 is 2.71 bits per heavy atom. The largest absolute Gasteiger partial charge is 0.507 e. The van der Waals surface area contributed by atoms with Crippen LogP contribution in [0.3, 0.4) is 0 Å². The lowest BCUT2D eigenvalue weighted by molar-refractivity contribution is 0.438. The van der Waals surface area contributed by atoms with Crippen LogP contribution in [-0.2, 0) is 0 Å². The van der Waals surface area contributed by atoms with E-state index < -0.39 is 5.63 Å². The molecule has 0 aliphatic carbocycles. The number of aromatic hydroxyl groups is 1. The summed E-state index contributed by atoms with van der Waals surface area (Å²) >= 11 is 1.37. The maximum atomic E-state index is 12.4. The Balaban J connectivity index is 1.44. The van der Waals surface area contributed by atoms with E-state index in [1.165, 1.54) is 17.4 Å². The van der Waals surface area contributed by atoms with Crippen molar-refractivity contribution in [1.29, 1.82) is 0 Å². The highest BCUT2D eigenvalue weighted by Gasteiger charge is 2.33. The fraction of sp³-hybridized carbons (Fsp3) is 0.115. The first kappa shape index (κ1) is 20.4. The van der Waals surface area contributed by atoms with Crippen LogP contribution in [0.2, 0.25) is 0 Å². The molecule has 1 aliphatic heterocycles. The predicted octanol–water partition coefficient (Wildman–Crippen LogP) is 5.61. The molecule has 0 amide bonds. The van der Waals surface area contributed by atoms with Crippen LogP contribution in [0.5, 0.6) is 5.75 Å². The Bertz CT molecular complexity index is 1570. The molecule has 1 unspecified atom stereocenters. The van der Waals surface area contributed by atoms with Crippen LogP contribution in [0.15, 0.2) is 86.4 Å². The van der Waals surface area contributed by atoms with E-state index in [4.69, 9.17) is 9.52 Å². The number of aromatic nitrogens is 2. The van der Waals surface area contributed by atoms with Crippen molar-refractivity contribution in [2.75, 3.05) is 5.01 Å². The van der Waals surface area contributed by atoms with E-state index >= 15 is 0 Å². The van der Waals surface area contributed by atoms with Gasteiger partial charge in [0.1, 0.15) is 23.1 Å². The first-order chi connectivity index (χ1) is 16.6. The van der Waals surface area contributed by atoms with Gasteiger partial charge in [-0.15, -0.1) is 11.3 Å². The fourth-order valence-corrected chi connectivity index (χ4v) is 5.14. The molecular formula is C26H20N4O3S. The van der Waals surface area contributed by atoms with Crippen molar-refractivity contribution in [3.63, 3.8) is 0 Å². The summed E-state index contributed by atoms with van der Waals surface area (Å²) in [5.74, 6) is 0.199. The Kier molecular flexibility index (Phi) is 4.81. The molecule has 1 aliphatic rings. The number of aryl methyl sites for hydroxylation is 1. The van der Waals surface area contributed by atoms with E-state index in [-0.39, 0.29) is 17.4 Å². The second-order valence-electron chi connectivity index (χ2n) is 8.21. The third-order valence-corrected chi connectivity index (χ3v) is 6.76. The number of nitrogens with zero attached hydrogens (tertiary/aromatic N) is 3. The monoisotopic (exact) mass is 468 g/mol. The van der Waals surface area contributed by atoms with Gasteiger partial charge in [0, 0.05) is 29.1 Å². The molecule has 4 heterocycles. The first-order valence-electron chi connectivity index (χ1n) is 10.9. The number of nitrogens with one attached hydrogen (secondary N) is 1. The van der Waals surface area contributed by atoms with Crippen molar-refractivity contribution >= 4 is 33.1 Å². The zero-order valence-corrected chi connectivity index (χ0v) is 19.0. The van der Waals surface area contributed by atoms with Crippen LogP contribution in [-0.4, -0.2) is 20.8 Å². The molecule has 34 heavy (non-hydrogen) atoms. The lowest BCUT2D eigenvalue weighted by atomic mass is 10.0. The molecular weight excluding hydrogens is 448 g/mol. The van der Waals surface area contributed by atoms with Crippen molar-refractivity contribution in [2.45, 2.75) is 19.4 Å². The normalized spacial score (nSPS) is 15.7. The number of rotatable bonds is 4. The molecule has 1 atom stereocenters. The lowest BCUT2D eigenvalue weighted by Gasteiger charge is -2.19. The number of fused-ring (bicyclic) bond motifs is 1. The van der Waals surface area contributed by atoms with Crippen LogP contribution >= 0.6 is 11.3 Å². The molecule has 8 heteroatoms. The highest BCUT2D eigenvalue weighted by atomic mass is 32.1. The molecule has 2 N–H and O–H groups in total. The number of benzene rings is 2. The summed E-state index contributed by atoms with van der Waals surface area (Å²) in [7, 11) is 0. The zero-order valence-electron chi connectivity index (χ0n) is 18.2. The minimum absolute atomic E-state index is 0.0571. The second kappa shape index (κ2) is 8.00. The number of H-pyrrole nitrogens is 1. The van der Waals surface area contributed by atoms with Gasteiger partial charge in [-0.05, 0) is 30.0 Å². The van der Waals surface area contributed by atoms with Gasteiger partial charge in [0.25, 0.3) is 0 Å². The van der Waals surface area contributed by atoms with Crippen molar-refractivity contribution in [3.8, 4) is 17.0 Å². The summed E-state index contributed by atoms with van der Waals surface area (Å²) in [5.41, 5.74) is 3.92. The van der Waals surface area contributed by atoms with Gasteiger partial charge in [-0.3, -0.25) is 0 Å².